The number of rotatable bonds is 3. The summed E-state index contributed by atoms with van der Waals surface area (Å²) in [6.07, 6.45) is 1.67. The number of nitrogens with two attached hydrogens (primary N) is 1. The topological polar surface area (TPSA) is 29.3 Å². The maximum Gasteiger partial charge on any atom is 0.125 e. The molecule has 2 aromatic rings. The minimum absolute atomic E-state index is 0.0526. The molecule has 1 aliphatic rings. The van der Waals surface area contributed by atoms with Gasteiger partial charge in [-0.15, -0.1) is 0 Å². The average Bonchev–Trinajstić information content (AvgIpc) is 2.81. The van der Waals surface area contributed by atoms with Crippen LogP contribution in [0.4, 0.5) is 15.8 Å². The maximum absolute atomic E-state index is 13.6. The molecule has 0 amide bonds. The molecule has 0 aromatic heterocycles. The SMILES string of the molecule is CC(N)Cc1cc(Cl)ccc1N1CCc2ccc(F)cc21. The molecule has 2 N–H and O–H groups in total. The number of benzene rings is 2. The molecule has 0 spiro atoms. The molecule has 0 bridgehead atoms. The second kappa shape index (κ2) is 5.66. The highest BCUT2D eigenvalue weighted by Crippen LogP contribution is 2.37. The van der Waals surface area contributed by atoms with Crippen molar-refractivity contribution < 1.29 is 4.39 Å². The third-order valence-electron chi connectivity index (χ3n) is 3.82. The lowest BCUT2D eigenvalue weighted by Gasteiger charge is -2.24. The van der Waals surface area contributed by atoms with Gasteiger partial charge in [0.1, 0.15) is 5.82 Å². The Balaban J connectivity index is 2.04. The van der Waals surface area contributed by atoms with E-state index in [4.69, 9.17) is 17.3 Å². The van der Waals surface area contributed by atoms with Crippen molar-refractivity contribution in [2.24, 2.45) is 5.73 Å². The Hall–Kier alpha value is -1.58. The Morgan fingerprint density at radius 3 is 2.81 bits per heavy atom. The minimum atomic E-state index is -0.205. The van der Waals surface area contributed by atoms with Crippen LogP contribution in [0.5, 0.6) is 0 Å². The van der Waals surface area contributed by atoms with Crippen molar-refractivity contribution in [2.75, 3.05) is 11.4 Å². The molecule has 3 rings (SSSR count). The highest BCUT2D eigenvalue weighted by molar-refractivity contribution is 6.30. The quantitative estimate of drug-likeness (QED) is 0.926. The van der Waals surface area contributed by atoms with Gasteiger partial charge in [-0.3, -0.25) is 0 Å². The number of hydrogen-bond acceptors (Lipinski definition) is 2. The van der Waals surface area contributed by atoms with E-state index in [1.54, 1.807) is 6.07 Å². The molecule has 1 atom stereocenters. The third kappa shape index (κ3) is 2.89. The summed E-state index contributed by atoms with van der Waals surface area (Å²) in [7, 11) is 0. The Labute approximate surface area is 129 Å². The van der Waals surface area contributed by atoms with E-state index in [0.29, 0.717) is 5.02 Å². The third-order valence-corrected chi connectivity index (χ3v) is 4.05. The van der Waals surface area contributed by atoms with E-state index in [2.05, 4.69) is 4.90 Å². The first-order chi connectivity index (χ1) is 10.0. The zero-order chi connectivity index (χ0) is 15.0. The first-order valence-corrected chi connectivity index (χ1v) is 7.52. The first-order valence-electron chi connectivity index (χ1n) is 7.14. The molecular weight excluding hydrogens is 287 g/mol. The van der Waals surface area contributed by atoms with Crippen molar-refractivity contribution in [2.45, 2.75) is 25.8 Å². The number of fused-ring (bicyclic) bond motifs is 1. The predicted molar refractivity (Wildman–Crippen MR) is 85.9 cm³/mol. The summed E-state index contributed by atoms with van der Waals surface area (Å²) in [4.78, 5) is 2.16. The first kappa shape index (κ1) is 14.4. The molecule has 0 radical (unpaired) electrons. The van der Waals surface area contributed by atoms with Gasteiger partial charge in [0.2, 0.25) is 0 Å². The number of nitrogens with zero attached hydrogens (tertiary/aromatic N) is 1. The molecular formula is C17H18ClFN2. The molecule has 0 saturated carbocycles. The van der Waals surface area contributed by atoms with Crippen LogP contribution in [0, 0.1) is 5.82 Å². The Morgan fingerprint density at radius 2 is 2.05 bits per heavy atom. The van der Waals surface area contributed by atoms with Crippen LogP contribution in [0.15, 0.2) is 36.4 Å². The van der Waals surface area contributed by atoms with Gasteiger partial charge in [0.25, 0.3) is 0 Å². The summed E-state index contributed by atoms with van der Waals surface area (Å²) >= 11 is 6.11. The number of hydrogen-bond donors (Lipinski definition) is 1. The average molecular weight is 305 g/mol. The van der Waals surface area contributed by atoms with Crippen LogP contribution in [0.3, 0.4) is 0 Å². The molecule has 1 unspecified atom stereocenters. The lowest BCUT2D eigenvalue weighted by atomic mass is 10.0. The van der Waals surface area contributed by atoms with Crippen LogP contribution in [0.2, 0.25) is 5.02 Å². The fraction of sp³-hybridized carbons (Fsp3) is 0.294. The predicted octanol–water partition coefficient (Wildman–Crippen LogP) is 4.06. The van der Waals surface area contributed by atoms with Crippen LogP contribution >= 0.6 is 11.6 Å². The smallest absolute Gasteiger partial charge is 0.125 e. The standard InChI is InChI=1S/C17H18ClFN2/c1-11(20)8-13-9-14(18)3-5-16(13)21-7-6-12-2-4-15(19)10-17(12)21/h2-5,9-11H,6-8,20H2,1H3. The van der Waals surface area contributed by atoms with E-state index >= 15 is 0 Å². The van der Waals surface area contributed by atoms with Gasteiger partial charge in [-0.2, -0.15) is 0 Å². The molecule has 2 nitrogen and oxygen atoms in total. The lowest BCUT2D eigenvalue weighted by Crippen LogP contribution is -2.21. The summed E-state index contributed by atoms with van der Waals surface area (Å²) in [5, 5.41) is 0.702. The highest BCUT2D eigenvalue weighted by Gasteiger charge is 2.23. The fourth-order valence-corrected chi connectivity index (χ4v) is 3.13. The van der Waals surface area contributed by atoms with E-state index < -0.39 is 0 Å². The minimum Gasteiger partial charge on any atom is -0.341 e. The number of anilines is 2. The van der Waals surface area contributed by atoms with Crippen LogP contribution < -0.4 is 10.6 Å². The van der Waals surface area contributed by atoms with Crippen molar-refractivity contribution in [3.05, 3.63) is 58.4 Å². The van der Waals surface area contributed by atoms with Gasteiger partial charge in [0, 0.05) is 29.0 Å². The van der Waals surface area contributed by atoms with Gasteiger partial charge in [-0.25, -0.2) is 4.39 Å². The largest absolute Gasteiger partial charge is 0.341 e. The van der Waals surface area contributed by atoms with Crippen molar-refractivity contribution in [1.82, 2.24) is 0 Å². The molecule has 4 heteroatoms. The van der Waals surface area contributed by atoms with Crippen molar-refractivity contribution in [1.29, 1.82) is 0 Å². The van der Waals surface area contributed by atoms with Crippen molar-refractivity contribution >= 4 is 23.0 Å². The van der Waals surface area contributed by atoms with Crippen LogP contribution in [0.25, 0.3) is 0 Å². The highest BCUT2D eigenvalue weighted by atomic mass is 35.5. The number of halogens is 2. The van der Waals surface area contributed by atoms with Gasteiger partial charge in [-0.05, 0) is 61.2 Å². The van der Waals surface area contributed by atoms with Crippen molar-refractivity contribution in [3.63, 3.8) is 0 Å². The molecule has 0 aliphatic carbocycles. The van der Waals surface area contributed by atoms with Gasteiger partial charge < -0.3 is 10.6 Å². The monoisotopic (exact) mass is 304 g/mol. The van der Waals surface area contributed by atoms with Gasteiger partial charge >= 0.3 is 0 Å². The normalized spacial score (nSPS) is 15.1. The fourth-order valence-electron chi connectivity index (χ4n) is 2.93. The summed E-state index contributed by atoms with van der Waals surface area (Å²) in [5.41, 5.74) is 10.2. The summed E-state index contributed by atoms with van der Waals surface area (Å²) < 4.78 is 13.6. The van der Waals surface area contributed by atoms with Gasteiger partial charge in [0.15, 0.2) is 0 Å². The zero-order valence-corrected chi connectivity index (χ0v) is 12.7. The van der Waals surface area contributed by atoms with Gasteiger partial charge in [-0.1, -0.05) is 17.7 Å². The Kier molecular flexibility index (Phi) is 3.87. The van der Waals surface area contributed by atoms with Crippen LogP contribution in [-0.2, 0) is 12.8 Å². The Bertz CT molecular complexity index is 670. The van der Waals surface area contributed by atoms with E-state index in [1.807, 2.05) is 31.2 Å². The Morgan fingerprint density at radius 1 is 1.24 bits per heavy atom. The second-order valence-electron chi connectivity index (χ2n) is 5.63. The molecule has 1 heterocycles. The van der Waals surface area contributed by atoms with E-state index in [1.165, 1.54) is 11.6 Å². The summed E-state index contributed by atoms with van der Waals surface area (Å²) in [6, 6.07) is 10.9. The molecule has 110 valence electrons. The van der Waals surface area contributed by atoms with Crippen LogP contribution in [0.1, 0.15) is 18.1 Å². The summed E-state index contributed by atoms with van der Waals surface area (Å²) in [6.45, 7) is 2.83. The molecule has 0 saturated heterocycles. The molecule has 1 aliphatic heterocycles. The van der Waals surface area contributed by atoms with E-state index in [0.717, 1.165) is 36.3 Å². The van der Waals surface area contributed by atoms with E-state index in [-0.39, 0.29) is 11.9 Å². The molecule has 2 aromatic carbocycles. The van der Waals surface area contributed by atoms with Crippen molar-refractivity contribution in [3.8, 4) is 0 Å². The van der Waals surface area contributed by atoms with E-state index in [9.17, 15) is 4.39 Å². The maximum atomic E-state index is 13.6. The lowest BCUT2D eigenvalue weighted by molar-refractivity contribution is 0.628. The molecule has 21 heavy (non-hydrogen) atoms. The molecule has 0 fully saturated rings. The summed E-state index contributed by atoms with van der Waals surface area (Å²) in [5.74, 6) is -0.205. The second-order valence-corrected chi connectivity index (χ2v) is 6.07. The zero-order valence-electron chi connectivity index (χ0n) is 11.9. The van der Waals surface area contributed by atoms with Crippen LogP contribution in [-0.4, -0.2) is 12.6 Å². The van der Waals surface area contributed by atoms with Gasteiger partial charge in [0.05, 0.1) is 0 Å².